The molecule has 0 radical (unpaired) electrons. The molecule has 0 unspecified atom stereocenters. The van der Waals surface area contributed by atoms with Gasteiger partial charge in [0.15, 0.2) is 0 Å². The van der Waals surface area contributed by atoms with Crippen LogP contribution in [-0.4, -0.2) is 21.4 Å². The lowest BCUT2D eigenvalue weighted by atomic mass is 10.1. The van der Waals surface area contributed by atoms with Crippen LogP contribution in [0.25, 0.3) is 11.3 Å². The van der Waals surface area contributed by atoms with Crippen LogP contribution >= 0.6 is 0 Å². The third-order valence-electron chi connectivity index (χ3n) is 3.46. The number of aromatic nitrogens is 2. The molecule has 0 aliphatic heterocycles. The lowest BCUT2D eigenvalue weighted by Crippen LogP contribution is -1.98. The zero-order valence-corrected chi connectivity index (χ0v) is 12.1. The third kappa shape index (κ3) is 3.88. The second kappa shape index (κ2) is 6.99. The van der Waals surface area contributed by atoms with Crippen molar-refractivity contribution in [2.45, 2.75) is 32.6 Å². The predicted octanol–water partition coefficient (Wildman–Crippen LogP) is 2.96. The van der Waals surface area contributed by atoms with Crippen LogP contribution in [0.2, 0.25) is 0 Å². The van der Waals surface area contributed by atoms with Gasteiger partial charge in [0.1, 0.15) is 5.82 Å². The highest BCUT2D eigenvalue weighted by Gasteiger charge is 2.13. The summed E-state index contributed by atoms with van der Waals surface area (Å²) in [5, 5.41) is 11.0. The number of rotatable bonds is 7. The quantitative estimate of drug-likeness (QED) is 0.465. The Kier molecular flexibility index (Phi) is 5.05. The largest absolute Gasteiger partial charge is 0.342 e. The Morgan fingerprint density at radius 1 is 1.33 bits per heavy atom. The van der Waals surface area contributed by atoms with Crippen LogP contribution in [0.5, 0.6) is 0 Å². The number of hydrogen-bond donors (Lipinski definition) is 2. The van der Waals surface area contributed by atoms with E-state index in [2.05, 4.69) is 9.97 Å². The fourth-order valence-corrected chi connectivity index (χ4v) is 2.22. The average molecular weight is 288 g/mol. The number of unbranched alkanes of at least 4 members (excludes halogenated alkanes) is 2. The highest BCUT2D eigenvalue weighted by Crippen LogP contribution is 2.25. The molecule has 0 spiro atoms. The number of hydrogen-bond acceptors (Lipinski definition) is 4. The number of H-pyrrole nitrogens is 1. The van der Waals surface area contributed by atoms with Crippen LogP contribution in [0.3, 0.4) is 0 Å². The normalized spacial score (nSPS) is 10.8. The van der Waals surface area contributed by atoms with Gasteiger partial charge >= 0.3 is 0 Å². The lowest BCUT2D eigenvalue weighted by molar-refractivity contribution is -0.385. The molecule has 0 amide bonds. The van der Waals surface area contributed by atoms with Crippen molar-refractivity contribution in [3.8, 4) is 11.3 Å². The molecule has 3 N–H and O–H groups in total. The summed E-state index contributed by atoms with van der Waals surface area (Å²) in [6, 6.07) is 5.21. The van der Waals surface area contributed by atoms with Gasteiger partial charge in [-0.25, -0.2) is 4.98 Å². The Bertz CT molecular complexity index is 622. The average Bonchev–Trinajstić information content (AvgIpc) is 2.92. The number of aromatic amines is 1. The van der Waals surface area contributed by atoms with Crippen LogP contribution in [0.4, 0.5) is 5.69 Å². The topological polar surface area (TPSA) is 97.8 Å². The SMILES string of the molecule is Cc1ccc(-c2cnc(CCCCCN)[nH]2)cc1[N+](=O)[O-]. The van der Waals surface area contributed by atoms with Crippen LogP contribution in [0, 0.1) is 17.0 Å². The zero-order valence-electron chi connectivity index (χ0n) is 12.1. The molecule has 0 aliphatic carbocycles. The summed E-state index contributed by atoms with van der Waals surface area (Å²) in [6.07, 6.45) is 5.75. The summed E-state index contributed by atoms with van der Waals surface area (Å²) in [7, 11) is 0. The molecule has 6 heteroatoms. The smallest absolute Gasteiger partial charge is 0.272 e. The summed E-state index contributed by atoms with van der Waals surface area (Å²) < 4.78 is 0. The Morgan fingerprint density at radius 3 is 2.86 bits per heavy atom. The van der Waals surface area contributed by atoms with Crippen molar-refractivity contribution < 1.29 is 4.92 Å². The predicted molar refractivity (Wildman–Crippen MR) is 82.0 cm³/mol. The molecular weight excluding hydrogens is 268 g/mol. The molecule has 112 valence electrons. The van der Waals surface area contributed by atoms with Gasteiger partial charge in [-0.1, -0.05) is 18.6 Å². The first-order valence-corrected chi connectivity index (χ1v) is 7.11. The lowest BCUT2D eigenvalue weighted by Gasteiger charge is -2.01. The van der Waals surface area contributed by atoms with Crippen molar-refractivity contribution >= 4 is 5.69 Å². The first kappa shape index (κ1) is 15.2. The highest BCUT2D eigenvalue weighted by atomic mass is 16.6. The fraction of sp³-hybridized carbons (Fsp3) is 0.400. The Morgan fingerprint density at radius 2 is 2.14 bits per heavy atom. The van der Waals surface area contributed by atoms with Crippen LogP contribution in [-0.2, 0) is 6.42 Å². The molecule has 0 bridgehead atoms. The first-order chi connectivity index (χ1) is 10.1. The van der Waals surface area contributed by atoms with Gasteiger partial charge in [0, 0.05) is 23.6 Å². The van der Waals surface area contributed by atoms with Gasteiger partial charge < -0.3 is 10.7 Å². The maximum Gasteiger partial charge on any atom is 0.272 e. The number of nitrogens with two attached hydrogens (primary N) is 1. The van der Waals surface area contributed by atoms with Gasteiger partial charge in [-0.15, -0.1) is 0 Å². The number of nitrogens with zero attached hydrogens (tertiary/aromatic N) is 2. The maximum absolute atomic E-state index is 11.0. The molecule has 0 aliphatic rings. The Labute approximate surface area is 123 Å². The summed E-state index contributed by atoms with van der Waals surface area (Å²) in [5.74, 6) is 0.908. The number of nitro benzene ring substituents is 1. The molecule has 2 rings (SSSR count). The van der Waals surface area contributed by atoms with E-state index in [1.54, 1.807) is 25.3 Å². The molecule has 0 saturated heterocycles. The van der Waals surface area contributed by atoms with Gasteiger partial charge in [-0.3, -0.25) is 10.1 Å². The Balaban J connectivity index is 2.10. The van der Waals surface area contributed by atoms with Crippen molar-refractivity contribution in [2.75, 3.05) is 6.54 Å². The van der Waals surface area contributed by atoms with Crippen molar-refractivity contribution in [1.29, 1.82) is 0 Å². The molecule has 0 saturated carbocycles. The summed E-state index contributed by atoms with van der Waals surface area (Å²) >= 11 is 0. The van der Waals surface area contributed by atoms with E-state index < -0.39 is 0 Å². The minimum atomic E-state index is -0.358. The second-order valence-electron chi connectivity index (χ2n) is 5.10. The van der Waals surface area contributed by atoms with Crippen LogP contribution in [0.1, 0.15) is 30.7 Å². The van der Waals surface area contributed by atoms with Gasteiger partial charge in [0.25, 0.3) is 5.69 Å². The number of nitrogens with one attached hydrogen (secondary N) is 1. The van der Waals surface area contributed by atoms with E-state index in [-0.39, 0.29) is 10.6 Å². The van der Waals surface area contributed by atoms with E-state index in [0.29, 0.717) is 5.56 Å². The van der Waals surface area contributed by atoms with Crippen molar-refractivity contribution in [3.63, 3.8) is 0 Å². The number of nitro groups is 1. The van der Waals surface area contributed by atoms with E-state index >= 15 is 0 Å². The van der Waals surface area contributed by atoms with Gasteiger partial charge in [-0.05, 0) is 26.3 Å². The summed E-state index contributed by atoms with van der Waals surface area (Å²) in [6.45, 7) is 2.45. The van der Waals surface area contributed by atoms with E-state index in [1.807, 2.05) is 6.07 Å². The third-order valence-corrected chi connectivity index (χ3v) is 3.46. The first-order valence-electron chi connectivity index (χ1n) is 7.11. The highest BCUT2D eigenvalue weighted by molar-refractivity contribution is 5.63. The molecule has 0 fully saturated rings. The van der Waals surface area contributed by atoms with Crippen molar-refractivity contribution in [3.05, 3.63) is 45.9 Å². The number of imidazole rings is 1. The van der Waals surface area contributed by atoms with Gasteiger partial charge in [0.05, 0.1) is 16.8 Å². The minimum Gasteiger partial charge on any atom is -0.342 e. The molecule has 2 aromatic rings. The summed E-state index contributed by atoms with van der Waals surface area (Å²) in [5.41, 5.74) is 7.85. The number of benzene rings is 1. The van der Waals surface area contributed by atoms with Crippen molar-refractivity contribution in [2.24, 2.45) is 5.73 Å². The van der Waals surface area contributed by atoms with Crippen LogP contribution < -0.4 is 5.73 Å². The molecular formula is C15H20N4O2. The molecule has 0 atom stereocenters. The fourth-order valence-electron chi connectivity index (χ4n) is 2.22. The van der Waals surface area contributed by atoms with E-state index in [9.17, 15) is 10.1 Å². The minimum absolute atomic E-state index is 0.131. The van der Waals surface area contributed by atoms with Crippen LogP contribution in [0.15, 0.2) is 24.4 Å². The number of aryl methyl sites for hydroxylation is 2. The van der Waals surface area contributed by atoms with Gasteiger partial charge in [0.2, 0.25) is 0 Å². The van der Waals surface area contributed by atoms with Crippen molar-refractivity contribution in [1.82, 2.24) is 9.97 Å². The summed E-state index contributed by atoms with van der Waals surface area (Å²) in [4.78, 5) is 18.2. The second-order valence-corrected chi connectivity index (χ2v) is 5.10. The monoisotopic (exact) mass is 288 g/mol. The zero-order chi connectivity index (χ0) is 15.2. The molecule has 1 heterocycles. The van der Waals surface area contributed by atoms with E-state index in [1.165, 1.54) is 0 Å². The van der Waals surface area contributed by atoms with E-state index in [4.69, 9.17) is 5.73 Å². The standard InChI is InChI=1S/C15H20N4O2/c1-11-6-7-12(9-14(11)19(20)21)13-10-17-15(18-13)5-3-2-4-8-16/h6-7,9-10H,2-5,8,16H2,1H3,(H,17,18). The molecule has 1 aromatic heterocycles. The molecule has 6 nitrogen and oxygen atoms in total. The molecule has 1 aromatic carbocycles. The van der Waals surface area contributed by atoms with E-state index in [0.717, 1.165) is 49.3 Å². The maximum atomic E-state index is 11.0. The Hall–Kier alpha value is -2.21. The molecule has 21 heavy (non-hydrogen) atoms. The van der Waals surface area contributed by atoms with Gasteiger partial charge in [-0.2, -0.15) is 0 Å².